The number of halogens is 3. The van der Waals surface area contributed by atoms with Crippen molar-refractivity contribution >= 4 is 28.5 Å². The van der Waals surface area contributed by atoms with Gasteiger partial charge in [-0.3, -0.25) is 9.59 Å². The van der Waals surface area contributed by atoms with Gasteiger partial charge in [0.05, 0.1) is 17.1 Å². The van der Waals surface area contributed by atoms with Crippen molar-refractivity contribution in [2.45, 2.75) is 38.4 Å². The fourth-order valence-electron chi connectivity index (χ4n) is 5.49. The Kier molecular flexibility index (Phi) is 10.7. The Bertz CT molecular complexity index is 1830. The van der Waals surface area contributed by atoms with Gasteiger partial charge < -0.3 is 15.5 Å². The molecule has 1 heterocycles. The van der Waals surface area contributed by atoms with E-state index in [9.17, 15) is 22.8 Å². The van der Waals surface area contributed by atoms with Crippen LogP contribution in [0.4, 0.5) is 19.0 Å². The molecule has 2 N–H and O–H groups in total. The lowest BCUT2D eigenvalue weighted by Crippen LogP contribution is -2.37. The Morgan fingerprint density at radius 3 is 2.28 bits per heavy atom. The van der Waals surface area contributed by atoms with Crippen LogP contribution in [-0.4, -0.2) is 41.8 Å². The maximum Gasteiger partial charge on any atom is 0.416 e. The molecule has 47 heavy (non-hydrogen) atoms. The van der Waals surface area contributed by atoms with Crippen LogP contribution in [0.3, 0.4) is 0 Å². The number of nitrogens with zero attached hydrogens (tertiary/aromatic N) is 2. The number of hydrogen-bond donors (Lipinski definition) is 2. The van der Waals surface area contributed by atoms with Gasteiger partial charge in [-0.15, -0.1) is 0 Å². The van der Waals surface area contributed by atoms with E-state index >= 15 is 0 Å². The standard InChI is InChI=1S/C38H37F3N4O2/c1-3-4-10-23-45(2)25-34(27-11-6-5-7-12-27)43-36(46)29-17-21-33-28(24-29)18-22-35(42-33)44-37(47)32-14-9-8-13-31(32)26-15-19-30(20-16-26)38(39,40)41/h5-9,11-22,24,34H,3-4,10,23,25H2,1-2H3,(H,43,46)(H,42,44,47)/t34-/m1/s1. The van der Waals surface area contributed by atoms with Gasteiger partial charge >= 0.3 is 6.18 Å². The number of likely N-dealkylation sites (N-methyl/N-ethyl adjacent to an activating group) is 1. The van der Waals surface area contributed by atoms with Crippen LogP contribution in [0.25, 0.3) is 22.0 Å². The normalized spacial score (nSPS) is 12.2. The van der Waals surface area contributed by atoms with E-state index in [-0.39, 0.29) is 11.9 Å². The predicted molar refractivity (Wildman–Crippen MR) is 180 cm³/mol. The second kappa shape index (κ2) is 15.0. The molecule has 5 aromatic rings. The first-order chi connectivity index (χ1) is 22.6. The number of hydrogen-bond acceptors (Lipinski definition) is 4. The smallest absolute Gasteiger partial charge is 0.344 e. The summed E-state index contributed by atoms with van der Waals surface area (Å²) < 4.78 is 39.2. The molecule has 0 saturated carbocycles. The Balaban J connectivity index is 1.30. The third kappa shape index (κ3) is 8.62. The van der Waals surface area contributed by atoms with E-state index in [1.54, 1.807) is 54.6 Å². The molecule has 1 aromatic heterocycles. The number of pyridine rings is 1. The minimum Gasteiger partial charge on any atom is -0.344 e. The van der Waals surface area contributed by atoms with Gasteiger partial charge in [-0.25, -0.2) is 4.98 Å². The van der Waals surface area contributed by atoms with Crippen LogP contribution >= 0.6 is 0 Å². The number of rotatable bonds is 12. The monoisotopic (exact) mass is 638 g/mol. The zero-order valence-electron chi connectivity index (χ0n) is 26.4. The highest BCUT2D eigenvalue weighted by molar-refractivity contribution is 6.08. The molecule has 4 aromatic carbocycles. The highest BCUT2D eigenvalue weighted by Crippen LogP contribution is 2.32. The number of amides is 2. The first kappa shape index (κ1) is 33.3. The quantitative estimate of drug-likeness (QED) is 0.134. The molecule has 9 heteroatoms. The van der Waals surface area contributed by atoms with Gasteiger partial charge in [0, 0.05) is 23.1 Å². The molecule has 0 bridgehead atoms. The van der Waals surface area contributed by atoms with Crippen molar-refractivity contribution in [3.63, 3.8) is 0 Å². The SMILES string of the molecule is CCCCCN(C)C[C@@H](NC(=O)c1ccc2nc(NC(=O)c3ccccc3-c3ccc(C(F)(F)F)cc3)ccc2c1)c1ccccc1. The summed E-state index contributed by atoms with van der Waals surface area (Å²) in [6, 6.07) is 29.8. The van der Waals surface area contributed by atoms with Crippen molar-refractivity contribution in [1.29, 1.82) is 0 Å². The van der Waals surface area contributed by atoms with Gasteiger partial charge in [0.1, 0.15) is 5.82 Å². The summed E-state index contributed by atoms with van der Waals surface area (Å²) in [7, 11) is 2.07. The summed E-state index contributed by atoms with van der Waals surface area (Å²) in [5.41, 5.74) is 2.64. The number of aromatic nitrogens is 1. The van der Waals surface area contributed by atoms with Crippen LogP contribution in [0.2, 0.25) is 0 Å². The summed E-state index contributed by atoms with van der Waals surface area (Å²) in [5.74, 6) is -0.341. The lowest BCUT2D eigenvalue weighted by molar-refractivity contribution is -0.137. The molecule has 6 nitrogen and oxygen atoms in total. The summed E-state index contributed by atoms with van der Waals surface area (Å²) in [6.07, 6.45) is -1.03. The second-order valence-corrected chi connectivity index (χ2v) is 11.6. The lowest BCUT2D eigenvalue weighted by atomic mass is 9.98. The Morgan fingerprint density at radius 1 is 0.830 bits per heavy atom. The summed E-state index contributed by atoms with van der Waals surface area (Å²) >= 11 is 0. The molecule has 0 saturated heterocycles. The molecule has 242 valence electrons. The van der Waals surface area contributed by atoms with E-state index in [0.717, 1.165) is 42.5 Å². The van der Waals surface area contributed by atoms with Crippen LogP contribution in [0.1, 0.15) is 64.1 Å². The molecule has 2 amide bonds. The van der Waals surface area contributed by atoms with Gasteiger partial charge in [0.25, 0.3) is 11.8 Å². The van der Waals surface area contributed by atoms with Crippen molar-refractivity contribution in [3.8, 4) is 11.1 Å². The second-order valence-electron chi connectivity index (χ2n) is 11.6. The molecule has 0 radical (unpaired) electrons. The van der Waals surface area contributed by atoms with Gasteiger partial charge in [-0.1, -0.05) is 80.4 Å². The molecule has 0 unspecified atom stereocenters. The topological polar surface area (TPSA) is 74.3 Å². The number of unbranched alkanes of at least 4 members (excludes halogenated alkanes) is 2. The summed E-state index contributed by atoms with van der Waals surface area (Å²) in [5, 5.41) is 6.74. The summed E-state index contributed by atoms with van der Waals surface area (Å²) in [4.78, 5) is 33.5. The molecule has 0 spiro atoms. The van der Waals surface area contributed by atoms with Crippen LogP contribution in [0.15, 0.2) is 109 Å². The van der Waals surface area contributed by atoms with E-state index in [1.165, 1.54) is 18.6 Å². The first-order valence-corrected chi connectivity index (χ1v) is 15.7. The third-order valence-electron chi connectivity index (χ3n) is 8.03. The van der Waals surface area contributed by atoms with E-state index in [1.807, 2.05) is 30.3 Å². The number of fused-ring (bicyclic) bond motifs is 1. The Labute approximate surface area is 272 Å². The van der Waals surface area contributed by atoms with E-state index < -0.39 is 17.6 Å². The average Bonchev–Trinajstić information content (AvgIpc) is 3.08. The van der Waals surface area contributed by atoms with Crippen LogP contribution in [-0.2, 0) is 6.18 Å². The molecule has 5 rings (SSSR count). The van der Waals surface area contributed by atoms with Gasteiger partial charge in [-0.05, 0) is 85.2 Å². The molecular formula is C38H37F3N4O2. The molecule has 0 fully saturated rings. The van der Waals surface area contributed by atoms with Gasteiger partial charge in [0.15, 0.2) is 0 Å². The highest BCUT2D eigenvalue weighted by atomic mass is 19.4. The minimum absolute atomic E-state index is 0.188. The van der Waals surface area contributed by atoms with Crippen molar-refractivity contribution in [3.05, 3.63) is 131 Å². The molecule has 0 aliphatic carbocycles. The van der Waals surface area contributed by atoms with E-state index in [0.29, 0.717) is 40.1 Å². The van der Waals surface area contributed by atoms with Gasteiger partial charge in [-0.2, -0.15) is 13.2 Å². The van der Waals surface area contributed by atoms with E-state index in [4.69, 9.17) is 0 Å². The number of carbonyl (C=O) groups excluding carboxylic acids is 2. The van der Waals surface area contributed by atoms with Crippen molar-refractivity contribution in [1.82, 2.24) is 15.2 Å². The maximum absolute atomic E-state index is 13.4. The number of nitrogens with one attached hydrogen (secondary N) is 2. The zero-order valence-corrected chi connectivity index (χ0v) is 26.4. The minimum atomic E-state index is -4.45. The van der Waals surface area contributed by atoms with Crippen LogP contribution in [0, 0.1) is 0 Å². The van der Waals surface area contributed by atoms with Crippen molar-refractivity contribution in [2.24, 2.45) is 0 Å². The number of anilines is 1. The molecule has 0 aliphatic heterocycles. The molecule has 0 aliphatic rings. The maximum atomic E-state index is 13.4. The fraction of sp³-hybridized carbons (Fsp3) is 0.237. The van der Waals surface area contributed by atoms with Crippen molar-refractivity contribution < 1.29 is 22.8 Å². The summed E-state index contributed by atoms with van der Waals surface area (Å²) in [6.45, 7) is 3.81. The average molecular weight is 639 g/mol. The Morgan fingerprint density at radius 2 is 1.55 bits per heavy atom. The lowest BCUT2D eigenvalue weighted by Gasteiger charge is -2.25. The fourth-order valence-corrected chi connectivity index (χ4v) is 5.49. The first-order valence-electron chi connectivity index (χ1n) is 15.7. The molecule has 1 atom stereocenters. The Hall–Kier alpha value is -5.02. The van der Waals surface area contributed by atoms with Gasteiger partial charge in [0.2, 0.25) is 0 Å². The van der Waals surface area contributed by atoms with E-state index in [2.05, 4.69) is 34.5 Å². The van der Waals surface area contributed by atoms with Crippen molar-refractivity contribution in [2.75, 3.05) is 25.5 Å². The zero-order chi connectivity index (χ0) is 33.4. The largest absolute Gasteiger partial charge is 0.416 e. The van der Waals surface area contributed by atoms with Crippen LogP contribution < -0.4 is 10.6 Å². The molecular weight excluding hydrogens is 601 g/mol. The number of alkyl halides is 3. The van der Waals surface area contributed by atoms with Crippen LogP contribution in [0.5, 0.6) is 0 Å². The third-order valence-corrected chi connectivity index (χ3v) is 8.03. The number of carbonyl (C=O) groups is 2. The predicted octanol–water partition coefficient (Wildman–Crippen LogP) is 8.77. The highest BCUT2D eigenvalue weighted by Gasteiger charge is 2.30. The number of benzene rings is 4.